The summed E-state index contributed by atoms with van der Waals surface area (Å²) in [5.41, 5.74) is 2.22. The maximum atomic E-state index is 12.8. The number of hydrogen-bond donors (Lipinski definition) is 1. The zero-order chi connectivity index (χ0) is 23.6. The lowest BCUT2D eigenvalue weighted by Crippen LogP contribution is -2.37. The van der Waals surface area contributed by atoms with Crippen LogP contribution in [0.15, 0.2) is 40.3 Å². The standard InChI is InChI=1S/C22H27N5O5S/c1-26-14-24-17-13-16(25-21(20(17)22(26)28)23-6-9-31-2)15-4-5-19(33(3,29)30)18(12-15)27-7-10-32-11-8-27/h4-5,12-14H,6-11H2,1-3H3,(H,23,25). The van der Waals surface area contributed by atoms with E-state index >= 15 is 0 Å². The summed E-state index contributed by atoms with van der Waals surface area (Å²) in [6.45, 7) is 3.16. The minimum absolute atomic E-state index is 0.208. The second kappa shape index (κ2) is 9.46. The van der Waals surface area contributed by atoms with Gasteiger partial charge in [0.2, 0.25) is 0 Å². The van der Waals surface area contributed by atoms with Gasteiger partial charge in [-0.05, 0) is 18.2 Å². The highest BCUT2D eigenvalue weighted by Crippen LogP contribution is 2.33. The van der Waals surface area contributed by atoms with Gasteiger partial charge in [-0.15, -0.1) is 0 Å². The molecule has 0 atom stereocenters. The molecule has 0 bridgehead atoms. The van der Waals surface area contributed by atoms with Crippen molar-refractivity contribution in [2.45, 2.75) is 4.90 Å². The summed E-state index contributed by atoms with van der Waals surface area (Å²) in [4.78, 5) is 24.2. The lowest BCUT2D eigenvalue weighted by Gasteiger charge is -2.30. The van der Waals surface area contributed by atoms with Crippen LogP contribution in [0.1, 0.15) is 0 Å². The molecule has 0 unspecified atom stereocenters. The molecule has 0 spiro atoms. The van der Waals surface area contributed by atoms with Gasteiger partial charge in [-0.25, -0.2) is 18.4 Å². The van der Waals surface area contributed by atoms with Crippen LogP contribution in [0.3, 0.4) is 0 Å². The van der Waals surface area contributed by atoms with Crippen LogP contribution in [0.25, 0.3) is 22.2 Å². The number of aromatic nitrogens is 3. The highest BCUT2D eigenvalue weighted by molar-refractivity contribution is 7.90. The first-order chi connectivity index (χ1) is 15.8. The number of methoxy groups -OCH3 is 1. The molecule has 3 aromatic rings. The number of fused-ring (bicyclic) bond motifs is 1. The molecule has 0 amide bonds. The Morgan fingerprint density at radius 3 is 2.67 bits per heavy atom. The first-order valence-electron chi connectivity index (χ1n) is 10.6. The van der Waals surface area contributed by atoms with Gasteiger partial charge >= 0.3 is 0 Å². The largest absolute Gasteiger partial charge is 0.383 e. The number of pyridine rings is 1. The lowest BCUT2D eigenvalue weighted by atomic mass is 10.1. The Balaban J connectivity index is 1.87. The van der Waals surface area contributed by atoms with Gasteiger partial charge in [0.1, 0.15) is 11.2 Å². The van der Waals surface area contributed by atoms with Crippen molar-refractivity contribution in [3.8, 4) is 11.3 Å². The van der Waals surface area contributed by atoms with Crippen molar-refractivity contribution in [3.05, 3.63) is 40.9 Å². The second-order valence-corrected chi connectivity index (χ2v) is 9.87. The number of benzene rings is 1. The highest BCUT2D eigenvalue weighted by atomic mass is 32.2. The van der Waals surface area contributed by atoms with Gasteiger partial charge in [-0.2, -0.15) is 0 Å². The van der Waals surface area contributed by atoms with E-state index in [1.165, 1.54) is 17.2 Å². The van der Waals surface area contributed by atoms with E-state index in [0.717, 1.165) is 5.56 Å². The van der Waals surface area contributed by atoms with Crippen molar-refractivity contribution < 1.29 is 17.9 Å². The van der Waals surface area contributed by atoms with Crippen molar-refractivity contribution in [1.82, 2.24) is 14.5 Å². The molecular weight excluding hydrogens is 446 g/mol. The number of morpholine rings is 1. The first-order valence-corrected chi connectivity index (χ1v) is 12.4. The summed E-state index contributed by atoms with van der Waals surface area (Å²) in [6, 6.07) is 6.91. The summed E-state index contributed by atoms with van der Waals surface area (Å²) in [7, 11) is -0.199. The third kappa shape index (κ3) is 4.85. The SMILES string of the molecule is COCCNc1nc(-c2ccc(S(C)(=O)=O)c(N3CCOCC3)c2)cc2ncn(C)c(=O)c12. The van der Waals surface area contributed by atoms with E-state index < -0.39 is 9.84 Å². The third-order valence-corrected chi connectivity index (χ3v) is 6.65. The van der Waals surface area contributed by atoms with E-state index in [-0.39, 0.29) is 10.5 Å². The van der Waals surface area contributed by atoms with Crippen LogP contribution in [0.2, 0.25) is 0 Å². The number of aryl methyl sites for hydroxylation is 1. The molecule has 4 rings (SSSR count). The van der Waals surface area contributed by atoms with Crippen LogP contribution in [0, 0.1) is 0 Å². The Bertz CT molecular complexity index is 1330. The van der Waals surface area contributed by atoms with Crippen LogP contribution in [-0.2, 0) is 26.4 Å². The number of ether oxygens (including phenoxy) is 2. The molecule has 33 heavy (non-hydrogen) atoms. The number of sulfone groups is 1. The summed E-state index contributed by atoms with van der Waals surface area (Å²) in [6.07, 6.45) is 2.68. The van der Waals surface area contributed by atoms with Gasteiger partial charge in [0.25, 0.3) is 5.56 Å². The van der Waals surface area contributed by atoms with Gasteiger partial charge in [0, 0.05) is 45.6 Å². The number of nitrogens with one attached hydrogen (secondary N) is 1. The quantitative estimate of drug-likeness (QED) is 0.507. The van der Waals surface area contributed by atoms with Gasteiger partial charge in [0.15, 0.2) is 9.84 Å². The average molecular weight is 474 g/mol. The Hall–Kier alpha value is -3.02. The van der Waals surface area contributed by atoms with Crippen LogP contribution in [-0.4, -0.2) is 75.8 Å². The van der Waals surface area contributed by atoms with E-state index in [2.05, 4.69) is 10.3 Å². The maximum absolute atomic E-state index is 12.8. The summed E-state index contributed by atoms with van der Waals surface area (Å²) in [5, 5.41) is 3.56. The van der Waals surface area contributed by atoms with Crippen molar-refractivity contribution in [1.29, 1.82) is 0 Å². The molecule has 0 saturated carbocycles. The molecule has 1 N–H and O–H groups in total. The second-order valence-electron chi connectivity index (χ2n) is 7.88. The van der Waals surface area contributed by atoms with Crippen molar-refractivity contribution in [3.63, 3.8) is 0 Å². The fraction of sp³-hybridized carbons (Fsp3) is 0.409. The predicted octanol–water partition coefficient (Wildman–Crippen LogP) is 1.29. The molecule has 11 heteroatoms. The first kappa shape index (κ1) is 23.1. The van der Waals surface area contributed by atoms with Gasteiger partial charge in [-0.1, -0.05) is 6.07 Å². The maximum Gasteiger partial charge on any atom is 0.264 e. The smallest absolute Gasteiger partial charge is 0.264 e. The highest BCUT2D eigenvalue weighted by Gasteiger charge is 2.22. The molecule has 1 aromatic carbocycles. The van der Waals surface area contributed by atoms with E-state index in [9.17, 15) is 13.2 Å². The summed E-state index contributed by atoms with van der Waals surface area (Å²) in [5.74, 6) is 0.411. The molecule has 1 aliphatic heterocycles. The Kier molecular flexibility index (Phi) is 6.63. The van der Waals surface area contributed by atoms with Gasteiger partial charge in [-0.3, -0.25) is 4.79 Å². The predicted molar refractivity (Wildman–Crippen MR) is 127 cm³/mol. The van der Waals surface area contributed by atoms with Crippen molar-refractivity contribution in [2.75, 3.05) is 63.0 Å². The van der Waals surface area contributed by atoms with Crippen LogP contribution < -0.4 is 15.8 Å². The molecule has 0 radical (unpaired) electrons. The normalized spacial score (nSPS) is 14.6. The van der Waals surface area contributed by atoms with Crippen molar-refractivity contribution in [2.24, 2.45) is 7.05 Å². The van der Waals surface area contributed by atoms with Crippen LogP contribution in [0.4, 0.5) is 11.5 Å². The molecule has 0 aliphatic carbocycles. The minimum atomic E-state index is -3.44. The number of rotatable bonds is 7. The Morgan fingerprint density at radius 1 is 1.21 bits per heavy atom. The van der Waals surface area contributed by atoms with E-state index in [1.54, 1.807) is 32.4 Å². The fourth-order valence-corrected chi connectivity index (χ4v) is 4.69. The molecule has 176 valence electrons. The molecule has 1 fully saturated rings. The van der Waals surface area contributed by atoms with Gasteiger partial charge < -0.3 is 24.3 Å². The van der Waals surface area contributed by atoms with Crippen LogP contribution >= 0.6 is 0 Å². The number of hydrogen-bond acceptors (Lipinski definition) is 9. The topological polar surface area (TPSA) is 116 Å². The van der Waals surface area contributed by atoms with Crippen molar-refractivity contribution >= 4 is 32.2 Å². The molecular formula is C22H27N5O5S. The monoisotopic (exact) mass is 473 g/mol. The molecule has 1 saturated heterocycles. The minimum Gasteiger partial charge on any atom is -0.383 e. The summed E-state index contributed by atoms with van der Waals surface area (Å²) >= 11 is 0. The van der Waals surface area contributed by atoms with E-state index in [1.807, 2.05) is 11.0 Å². The zero-order valence-corrected chi connectivity index (χ0v) is 19.7. The zero-order valence-electron chi connectivity index (χ0n) is 18.9. The summed E-state index contributed by atoms with van der Waals surface area (Å²) < 4.78 is 36.8. The third-order valence-electron chi connectivity index (χ3n) is 5.51. The fourth-order valence-electron chi connectivity index (χ4n) is 3.81. The number of nitrogens with zero attached hydrogens (tertiary/aromatic N) is 4. The molecule has 1 aliphatic rings. The lowest BCUT2D eigenvalue weighted by molar-refractivity contribution is 0.122. The molecule has 10 nitrogen and oxygen atoms in total. The van der Waals surface area contributed by atoms with Crippen LogP contribution in [0.5, 0.6) is 0 Å². The number of anilines is 2. The Morgan fingerprint density at radius 2 is 1.97 bits per heavy atom. The van der Waals surface area contributed by atoms with E-state index in [0.29, 0.717) is 67.6 Å². The van der Waals surface area contributed by atoms with Gasteiger partial charge in [0.05, 0.1) is 47.9 Å². The average Bonchev–Trinajstić information content (AvgIpc) is 2.81. The molecule has 3 heterocycles. The van der Waals surface area contributed by atoms with E-state index in [4.69, 9.17) is 14.5 Å². The Labute approximate surface area is 192 Å². The molecule has 2 aromatic heterocycles.